The minimum atomic E-state index is -0.718. The lowest BCUT2D eigenvalue weighted by atomic mass is 9.91. The van der Waals surface area contributed by atoms with Gasteiger partial charge in [0.1, 0.15) is 5.83 Å². The number of ether oxygens (including phenoxy) is 1. The predicted molar refractivity (Wildman–Crippen MR) is 128 cm³/mol. The van der Waals surface area contributed by atoms with Crippen LogP contribution in [0.5, 0.6) is 0 Å². The Kier molecular flexibility index (Phi) is 9.00. The SMILES string of the molecule is C/C=C\C(COC1CC(C)N(CC(O)Cn2nc3ccccn3c2=O)C(CC)C1)=C(\F)CC. The molecule has 0 bridgehead atoms. The first kappa shape index (κ1) is 25.3. The second-order valence-corrected chi connectivity index (χ2v) is 8.84. The van der Waals surface area contributed by atoms with Crippen LogP contribution >= 0.6 is 0 Å². The molecule has 4 unspecified atom stereocenters. The number of piperidine rings is 1. The summed E-state index contributed by atoms with van der Waals surface area (Å²) in [5.74, 6) is -0.129. The summed E-state index contributed by atoms with van der Waals surface area (Å²) in [7, 11) is 0. The van der Waals surface area contributed by atoms with Gasteiger partial charge in [-0.2, -0.15) is 0 Å². The molecule has 1 fully saturated rings. The Morgan fingerprint density at radius 1 is 1.33 bits per heavy atom. The molecule has 4 atom stereocenters. The Labute approximate surface area is 195 Å². The number of aliphatic hydroxyl groups excluding tert-OH is 1. The van der Waals surface area contributed by atoms with Gasteiger partial charge in [0.05, 0.1) is 25.4 Å². The van der Waals surface area contributed by atoms with Crippen LogP contribution in [0.4, 0.5) is 4.39 Å². The van der Waals surface area contributed by atoms with Crippen molar-refractivity contribution in [3.8, 4) is 0 Å². The number of β-amino-alcohol motifs (C(OH)–C–C–N with tert-alkyl or cyclic N) is 1. The third kappa shape index (κ3) is 6.19. The summed E-state index contributed by atoms with van der Waals surface area (Å²) in [5.41, 5.74) is 0.927. The maximum atomic E-state index is 14.1. The van der Waals surface area contributed by atoms with Crippen LogP contribution in [0, 0.1) is 0 Å². The van der Waals surface area contributed by atoms with Crippen molar-refractivity contribution in [2.45, 2.75) is 84.2 Å². The lowest BCUT2D eigenvalue weighted by molar-refractivity contribution is -0.0473. The van der Waals surface area contributed by atoms with Gasteiger partial charge in [0.25, 0.3) is 0 Å². The summed E-state index contributed by atoms with van der Waals surface area (Å²) in [6.07, 6.45) is 7.56. The van der Waals surface area contributed by atoms with Crippen molar-refractivity contribution in [1.29, 1.82) is 0 Å². The second-order valence-electron chi connectivity index (χ2n) is 8.84. The van der Waals surface area contributed by atoms with Crippen molar-refractivity contribution in [1.82, 2.24) is 19.1 Å². The fourth-order valence-corrected chi connectivity index (χ4v) is 4.72. The summed E-state index contributed by atoms with van der Waals surface area (Å²) in [6.45, 7) is 8.83. The van der Waals surface area contributed by atoms with Crippen molar-refractivity contribution in [3.05, 3.63) is 58.4 Å². The third-order valence-corrected chi connectivity index (χ3v) is 6.44. The number of rotatable bonds is 10. The molecular weight excluding hydrogens is 423 g/mol. The number of likely N-dealkylation sites (tertiary alicyclic amines) is 1. The van der Waals surface area contributed by atoms with Gasteiger partial charge >= 0.3 is 5.69 Å². The van der Waals surface area contributed by atoms with E-state index in [1.54, 1.807) is 31.3 Å². The zero-order valence-corrected chi connectivity index (χ0v) is 20.2. The zero-order chi connectivity index (χ0) is 24.0. The summed E-state index contributed by atoms with van der Waals surface area (Å²) < 4.78 is 23.1. The van der Waals surface area contributed by atoms with Gasteiger partial charge in [0.2, 0.25) is 0 Å². The number of pyridine rings is 1. The van der Waals surface area contributed by atoms with E-state index in [-0.39, 0.29) is 42.9 Å². The van der Waals surface area contributed by atoms with Gasteiger partial charge in [-0.1, -0.05) is 32.1 Å². The molecule has 0 aliphatic carbocycles. The Hall–Kier alpha value is -2.29. The zero-order valence-electron chi connectivity index (χ0n) is 20.2. The van der Waals surface area contributed by atoms with Crippen molar-refractivity contribution in [2.24, 2.45) is 0 Å². The molecule has 1 N–H and O–H groups in total. The largest absolute Gasteiger partial charge is 0.390 e. The van der Waals surface area contributed by atoms with E-state index in [0.29, 0.717) is 24.2 Å². The number of nitrogens with zero attached hydrogens (tertiary/aromatic N) is 4. The quantitative estimate of drug-likeness (QED) is 0.547. The summed E-state index contributed by atoms with van der Waals surface area (Å²) in [6, 6.07) is 5.83. The topological polar surface area (TPSA) is 72.0 Å². The van der Waals surface area contributed by atoms with Crippen LogP contribution in [0.3, 0.4) is 0 Å². The molecule has 33 heavy (non-hydrogen) atoms. The number of hydrogen-bond donors (Lipinski definition) is 1. The highest BCUT2D eigenvalue weighted by molar-refractivity contribution is 5.35. The molecule has 0 spiro atoms. The first-order chi connectivity index (χ1) is 15.9. The van der Waals surface area contributed by atoms with E-state index in [0.717, 1.165) is 19.3 Å². The van der Waals surface area contributed by atoms with E-state index in [1.165, 1.54) is 9.08 Å². The molecule has 1 saturated heterocycles. The number of hydrogen-bond acceptors (Lipinski definition) is 5. The van der Waals surface area contributed by atoms with Crippen molar-refractivity contribution in [3.63, 3.8) is 0 Å². The Morgan fingerprint density at radius 2 is 2.12 bits per heavy atom. The fourth-order valence-electron chi connectivity index (χ4n) is 4.72. The summed E-state index contributed by atoms with van der Waals surface area (Å²) in [5, 5.41) is 15.1. The van der Waals surface area contributed by atoms with Crippen LogP contribution in [0.25, 0.3) is 5.65 Å². The molecule has 3 heterocycles. The summed E-state index contributed by atoms with van der Waals surface area (Å²) >= 11 is 0. The van der Waals surface area contributed by atoms with Gasteiger partial charge in [-0.15, -0.1) is 5.10 Å². The molecule has 0 saturated carbocycles. The van der Waals surface area contributed by atoms with Gasteiger partial charge in [-0.3, -0.25) is 9.30 Å². The lowest BCUT2D eigenvalue weighted by Gasteiger charge is -2.44. The van der Waals surface area contributed by atoms with E-state index in [2.05, 4.69) is 23.8 Å². The molecule has 2 aromatic heterocycles. The van der Waals surface area contributed by atoms with E-state index < -0.39 is 6.10 Å². The van der Waals surface area contributed by atoms with Gasteiger partial charge in [0, 0.05) is 30.4 Å². The number of aromatic nitrogens is 3. The van der Waals surface area contributed by atoms with Crippen LogP contribution in [0.1, 0.15) is 53.4 Å². The monoisotopic (exact) mass is 460 g/mol. The maximum absolute atomic E-state index is 14.1. The van der Waals surface area contributed by atoms with Crippen molar-refractivity contribution < 1.29 is 14.2 Å². The number of halogens is 1. The highest BCUT2D eigenvalue weighted by Gasteiger charge is 2.34. The highest BCUT2D eigenvalue weighted by Crippen LogP contribution is 2.28. The normalized spacial score (nSPS) is 23.9. The molecule has 7 nitrogen and oxygen atoms in total. The molecule has 2 aromatic rings. The minimum absolute atomic E-state index is 0.0457. The molecular formula is C25H37FN4O3. The number of allylic oxidation sites excluding steroid dienone is 2. The van der Waals surface area contributed by atoms with Gasteiger partial charge in [0.15, 0.2) is 5.65 Å². The van der Waals surface area contributed by atoms with Crippen LogP contribution in [-0.2, 0) is 11.3 Å². The molecule has 0 amide bonds. The highest BCUT2D eigenvalue weighted by atomic mass is 19.1. The number of aliphatic hydroxyl groups is 1. The average molecular weight is 461 g/mol. The van der Waals surface area contributed by atoms with Gasteiger partial charge in [-0.05, 0) is 51.7 Å². The second kappa shape index (κ2) is 11.7. The number of fused-ring (bicyclic) bond motifs is 1. The summed E-state index contributed by atoms with van der Waals surface area (Å²) in [4.78, 5) is 14.8. The molecule has 0 aromatic carbocycles. The molecule has 182 valence electrons. The Morgan fingerprint density at radius 3 is 2.79 bits per heavy atom. The molecule has 0 radical (unpaired) electrons. The maximum Gasteiger partial charge on any atom is 0.350 e. The van der Waals surface area contributed by atoms with Crippen molar-refractivity contribution >= 4 is 5.65 Å². The molecule has 1 aliphatic heterocycles. The molecule has 8 heteroatoms. The van der Waals surface area contributed by atoms with Crippen LogP contribution in [0.2, 0.25) is 0 Å². The predicted octanol–water partition coefficient (Wildman–Crippen LogP) is 3.71. The lowest BCUT2D eigenvalue weighted by Crippen LogP contribution is -2.53. The van der Waals surface area contributed by atoms with Gasteiger partial charge < -0.3 is 9.84 Å². The van der Waals surface area contributed by atoms with Crippen LogP contribution < -0.4 is 5.69 Å². The first-order valence-electron chi connectivity index (χ1n) is 12.0. The molecule has 1 aliphatic rings. The van der Waals surface area contributed by atoms with Crippen LogP contribution in [0.15, 0.2) is 52.7 Å². The van der Waals surface area contributed by atoms with Crippen LogP contribution in [-0.4, -0.2) is 61.6 Å². The van der Waals surface area contributed by atoms with Crippen molar-refractivity contribution in [2.75, 3.05) is 13.2 Å². The standard InChI is InChI=1S/C25H37FN4O3/c1-5-10-19(23(26)7-3)17-33-22-13-18(4)29(20(6-2)14-22)15-21(31)16-30-25(32)28-12-9-8-11-24(28)27-30/h5,8-12,18,20-22,31H,6-7,13-17H2,1-4H3/b10-5-,23-19-. The van der Waals surface area contributed by atoms with E-state index >= 15 is 0 Å². The van der Waals surface area contributed by atoms with Gasteiger partial charge in [-0.25, -0.2) is 13.9 Å². The Balaban J connectivity index is 1.61. The fraction of sp³-hybridized carbons (Fsp3) is 0.600. The van der Waals surface area contributed by atoms with E-state index in [9.17, 15) is 14.3 Å². The average Bonchev–Trinajstić information content (AvgIpc) is 3.12. The smallest absolute Gasteiger partial charge is 0.350 e. The minimum Gasteiger partial charge on any atom is -0.390 e. The Bertz CT molecular complexity index is 1030. The molecule has 3 rings (SSSR count). The van der Waals surface area contributed by atoms with E-state index in [1.807, 2.05) is 19.1 Å². The van der Waals surface area contributed by atoms with E-state index in [4.69, 9.17) is 4.74 Å². The first-order valence-corrected chi connectivity index (χ1v) is 12.0. The third-order valence-electron chi connectivity index (χ3n) is 6.44.